The molecule has 0 aromatic heterocycles. The molecule has 0 saturated heterocycles. The van der Waals surface area contributed by atoms with Gasteiger partial charge < -0.3 is 15.8 Å². The van der Waals surface area contributed by atoms with Crippen LogP contribution < -0.4 is 15.8 Å². The fourth-order valence-corrected chi connectivity index (χ4v) is 1.68. The van der Waals surface area contributed by atoms with Crippen molar-refractivity contribution in [3.63, 3.8) is 0 Å². The van der Waals surface area contributed by atoms with Gasteiger partial charge in [-0.15, -0.1) is 0 Å². The molecule has 0 bridgehead atoms. The number of ketones is 1. The molecule has 0 spiro atoms. The number of nitrogens with one attached hydrogen (secondary N) is 1. The maximum Gasteiger partial charge on any atom is 0.149 e. The maximum atomic E-state index is 11.6. The summed E-state index contributed by atoms with van der Waals surface area (Å²) in [6.45, 7) is 4.54. The summed E-state index contributed by atoms with van der Waals surface area (Å²) in [5.74, 6) is 0.937. The van der Waals surface area contributed by atoms with Crippen LogP contribution in [0.15, 0.2) is 24.3 Å². The van der Waals surface area contributed by atoms with E-state index >= 15 is 0 Å². The van der Waals surface area contributed by atoms with E-state index in [2.05, 4.69) is 5.32 Å². The van der Waals surface area contributed by atoms with Crippen LogP contribution in [0.4, 0.5) is 0 Å². The van der Waals surface area contributed by atoms with Crippen LogP contribution in [-0.2, 0) is 11.2 Å². The Morgan fingerprint density at radius 1 is 1.39 bits per heavy atom. The lowest BCUT2D eigenvalue weighted by Crippen LogP contribution is -2.48. The van der Waals surface area contributed by atoms with Crippen molar-refractivity contribution < 1.29 is 9.53 Å². The molecule has 18 heavy (non-hydrogen) atoms. The quantitative estimate of drug-likeness (QED) is 0.761. The highest BCUT2D eigenvalue weighted by molar-refractivity contribution is 5.85. The Labute approximate surface area is 109 Å². The minimum absolute atomic E-state index is 0.133. The van der Waals surface area contributed by atoms with Crippen LogP contribution in [0.1, 0.15) is 19.4 Å². The van der Waals surface area contributed by atoms with Gasteiger partial charge >= 0.3 is 0 Å². The van der Waals surface area contributed by atoms with E-state index in [9.17, 15) is 4.79 Å². The summed E-state index contributed by atoms with van der Waals surface area (Å²) in [4.78, 5) is 11.6. The summed E-state index contributed by atoms with van der Waals surface area (Å²) in [6, 6.07) is 7.76. The fourth-order valence-electron chi connectivity index (χ4n) is 1.68. The number of rotatable bonds is 7. The third-order valence-electron chi connectivity index (χ3n) is 3.20. The molecule has 1 rings (SSSR count). The largest absolute Gasteiger partial charge is 0.492 e. The van der Waals surface area contributed by atoms with Crippen molar-refractivity contribution in [3.05, 3.63) is 29.8 Å². The maximum absolute atomic E-state index is 11.6. The van der Waals surface area contributed by atoms with E-state index in [1.54, 1.807) is 14.0 Å². The molecule has 0 amide bonds. The van der Waals surface area contributed by atoms with Crippen LogP contribution in [0.3, 0.4) is 0 Å². The number of nitrogens with two attached hydrogens (primary N) is 1. The van der Waals surface area contributed by atoms with Crippen molar-refractivity contribution in [2.24, 2.45) is 5.73 Å². The molecule has 4 heteroatoms. The number of hydrogen-bond donors (Lipinski definition) is 2. The summed E-state index contributed by atoms with van der Waals surface area (Å²) in [6.07, 6.45) is 0.663. The first-order chi connectivity index (χ1) is 8.51. The molecule has 4 nitrogen and oxygen atoms in total. The Morgan fingerprint density at radius 3 is 2.44 bits per heavy atom. The van der Waals surface area contributed by atoms with Crippen molar-refractivity contribution in [2.45, 2.75) is 25.8 Å². The Hall–Kier alpha value is -1.39. The predicted molar refractivity (Wildman–Crippen MR) is 72.8 cm³/mol. The third kappa shape index (κ3) is 3.82. The van der Waals surface area contributed by atoms with E-state index in [1.165, 1.54) is 0 Å². The molecule has 1 aromatic carbocycles. The van der Waals surface area contributed by atoms with E-state index < -0.39 is 5.54 Å². The molecule has 0 heterocycles. The van der Waals surface area contributed by atoms with E-state index in [-0.39, 0.29) is 5.78 Å². The summed E-state index contributed by atoms with van der Waals surface area (Å²) < 4.78 is 5.41. The number of hydrogen-bond acceptors (Lipinski definition) is 4. The number of ether oxygens (including phenoxy) is 1. The topological polar surface area (TPSA) is 64.3 Å². The van der Waals surface area contributed by atoms with Crippen LogP contribution in [0.25, 0.3) is 0 Å². The van der Waals surface area contributed by atoms with Gasteiger partial charge in [-0.25, -0.2) is 0 Å². The first kappa shape index (κ1) is 14.7. The standard InChI is InChI=1S/C14H22N2O2/c1-11(17)14(2,16-3)10-12-4-6-13(7-5-12)18-9-8-15/h4-7,16H,8-10,15H2,1-3H3/t14-/m1/s1. The average molecular weight is 250 g/mol. The van der Waals surface area contributed by atoms with Crippen molar-refractivity contribution in [2.75, 3.05) is 20.2 Å². The van der Waals surface area contributed by atoms with Gasteiger partial charge in [0.05, 0.1) is 5.54 Å². The van der Waals surface area contributed by atoms with Gasteiger partial charge in [-0.3, -0.25) is 4.79 Å². The van der Waals surface area contributed by atoms with Crippen molar-refractivity contribution in [1.82, 2.24) is 5.32 Å². The molecule has 1 atom stereocenters. The lowest BCUT2D eigenvalue weighted by atomic mass is 9.89. The lowest BCUT2D eigenvalue weighted by Gasteiger charge is -2.26. The molecule has 3 N–H and O–H groups in total. The van der Waals surface area contributed by atoms with Crippen LogP contribution in [0.5, 0.6) is 5.75 Å². The molecule has 0 unspecified atom stereocenters. The fraction of sp³-hybridized carbons (Fsp3) is 0.500. The first-order valence-electron chi connectivity index (χ1n) is 6.13. The molecule has 0 fully saturated rings. The van der Waals surface area contributed by atoms with Gasteiger partial charge in [-0.1, -0.05) is 12.1 Å². The Balaban J connectivity index is 2.71. The molecular formula is C14H22N2O2. The van der Waals surface area contributed by atoms with E-state index in [0.717, 1.165) is 11.3 Å². The molecule has 1 aromatic rings. The normalized spacial score (nSPS) is 14.0. The molecule has 0 aliphatic heterocycles. The van der Waals surface area contributed by atoms with Gasteiger partial charge in [0.15, 0.2) is 0 Å². The second-order valence-electron chi connectivity index (χ2n) is 4.60. The van der Waals surface area contributed by atoms with E-state index in [0.29, 0.717) is 19.6 Å². The second kappa shape index (κ2) is 6.52. The van der Waals surface area contributed by atoms with E-state index in [1.807, 2.05) is 31.2 Å². The highest BCUT2D eigenvalue weighted by Gasteiger charge is 2.27. The van der Waals surface area contributed by atoms with Crippen LogP contribution >= 0.6 is 0 Å². The van der Waals surface area contributed by atoms with Crippen LogP contribution in [-0.4, -0.2) is 31.5 Å². The SMILES string of the molecule is CN[C@](C)(Cc1ccc(OCCN)cc1)C(C)=O. The minimum Gasteiger partial charge on any atom is -0.492 e. The Morgan fingerprint density at radius 2 is 2.00 bits per heavy atom. The molecule has 0 aliphatic carbocycles. The molecule has 0 aliphatic rings. The zero-order valence-corrected chi connectivity index (χ0v) is 11.3. The first-order valence-corrected chi connectivity index (χ1v) is 6.13. The predicted octanol–water partition coefficient (Wildman–Crippen LogP) is 1.13. The zero-order valence-electron chi connectivity index (χ0n) is 11.3. The number of Topliss-reactive ketones (excluding diaryl/α,β-unsaturated/α-hetero) is 1. The average Bonchev–Trinajstić information content (AvgIpc) is 2.37. The van der Waals surface area contributed by atoms with Gasteiger partial charge in [-0.2, -0.15) is 0 Å². The second-order valence-corrected chi connectivity index (χ2v) is 4.60. The number of benzene rings is 1. The monoisotopic (exact) mass is 250 g/mol. The third-order valence-corrected chi connectivity index (χ3v) is 3.20. The molecule has 100 valence electrons. The van der Waals surface area contributed by atoms with Gasteiger partial charge in [0.1, 0.15) is 18.1 Å². The van der Waals surface area contributed by atoms with Gasteiger partial charge in [0.25, 0.3) is 0 Å². The number of carbonyl (C=O) groups excluding carboxylic acids is 1. The number of likely N-dealkylation sites (N-methyl/N-ethyl adjacent to an activating group) is 1. The Bertz CT molecular complexity index is 389. The number of carbonyl (C=O) groups is 1. The Kier molecular flexibility index (Phi) is 5.31. The molecule has 0 radical (unpaired) electrons. The summed E-state index contributed by atoms with van der Waals surface area (Å²) in [5.41, 5.74) is 5.96. The van der Waals surface area contributed by atoms with Crippen LogP contribution in [0.2, 0.25) is 0 Å². The summed E-state index contributed by atoms with van der Waals surface area (Å²) >= 11 is 0. The minimum atomic E-state index is -0.514. The van der Waals surface area contributed by atoms with Crippen molar-refractivity contribution >= 4 is 5.78 Å². The van der Waals surface area contributed by atoms with Crippen molar-refractivity contribution in [3.8, 4) is 5.75 Å². The summed E-state index contributed by atoms with van der Waals surface area (Å²) in [7, 11) is 1.81. The summed E-state index contributed by atoms with van der Waals surface area (Å²) in [5, 5.41) is 3.08. The highest BCUT2D eigenvalue weighted by atomic mass is 16.5. The highest BCUT2D eigenvalue weighted by Crippen LogP contribution is 2.17. The smallest absolute Gasteiger partial charge is 0.149 e. The molecular weight excluding hydrogens is 228 g/mol. The zero-order chi connectivity index (χ0) is 13.6. The lowest BCUT2D eigenvalue weighted by molar-refractivity contribution is -0.122. The van der Waals surface area contributed by atoms with Crippen LogP contribution in [0, 0.1) is 0 Å². The van der Waals surface area contributed by atoms with Crippen molar-refractivity contribution in [1.29, 1.82) is 0 Å². The molecule has 0 saturated carbocycles. The van der Waals surface area contributed by atoms with Gasteiger partial charge in [0.2, 0.25) is 0 Å². The van der Waals surface area contributed by atoms with Gasteiger partial charge in [-0.05, 0) is 45.0 Å². The van der Waals surface area contributed by atoms with E-state index in [4.69, 9.17) is 10.5 Å². The van der Waals surface area contributed by atoms with Gasteiger partial charge in [0, 0.05) is 6.54 Å².